The maximum Gasteiger partial charge on any atom is 0.327 e. The van der Waals surface area contributed by atoms with E-state index >= 15 is 0 Å². The fourth-order valence-electron chi connectivity index (χ4n) is 0.316. The highest BCUT2D eigenvalue weighted by atomic mass is 31.2. The molecule has 4 nitrogen and oxygen atoms in total. The van der Waals surface area contributed by atoms with E-state index in [0.29, 0.717) is 0 Å². The van der Waals surface area contributed by atoms with Gasteiger partial charge in [-0.05, 0) is 27.7 Å². The predicted octanol–water partition coefficient (Wildman–Crippen LogP) is 0.764. The quantitative estimate of drug-likeness (QED) is 0.563. The van der Waals surface area contributed by atoms with Crippen molar-refractivity contribution in [1.82, 2.24) is 0 Å². The second-order valence-electron chi connectivity index (χ2n) is 3.41. The molecule has 0 rings (SSSR count). The zero-order chi connectivity index (χ0) is 9.28. The summed E-state index contributed by atoms with van der Waals surface area (Å²) in [6.07, 6.45) is 0. The highest BCUT2D eigenvalue weighted by Crippen LogP contribution is 2.37. The minimum Gasteiger partial charge on any atom is -0.387 e. The fourth-order valence-corrected chi connectivity index (χ4v) is 0.947. The molecule has 11 heavy (non-hydrogen) atoms. The molecule has 5 heteroatoms. The Labute approximate surface area is 67.8 Å². The van der Waals surface area contributed by atoms with Gasteiger partial charge in [-0.1, -0.05) is 0 Å². The molecule has 0 fully saturated rings. The van der Waals surface area contributed by atoms with Crippen LogP contribution in [0.4, 0.5) is 0 Å². The number of rotatable bonds is 3. The molecule has 0 radical (unpaired) electrons. The van der Waals surface area contributed by atoms with E-state index in [4.69, 9.17) is 14.3 Å². The van der Waals surface area contributed by atoms with Gasteiger partial charge in [-0.15, -0.1) is 0 Å². The highest BCUT2D eigenvalue weighted by molar-refractivity contribution is 7.39. The lowest BCUT2D eigenvalue weighted by Gasteiger charge is -2.36. The first-order valence-electron chi connectivity index (χ1n) is 3.26. The van der Waals surface area contributed by atoms with Crippen LogP contribution in [-0.2, 0) is 4.52 Å². The van der Waals surface area contributed by atoms with Crippen LogP contribution in [0.5, 0.6) is 0 Å². The van der Waals surface area contributed by atoms with Crippen LogP contribution in [-0.4, -0.2) is 26.1 Å². The second kappa shape index (κ2) is 3.33. The molecule has 0 unspecified atom stereocenters. The number of hydrogen-bond acceptors (Lipinski definition) is 4. The van der Waals surface area contributed by atoms with Gasteiger partial charge in [0.05, 0.1) is 11.2 Å². The Hall–Kier alpha value is 0.270. The molecule has 0 amide bonds. The molecule has 3 N–H and O–H groups in total. The molecule has 0 aromatic carbocycles. The lowest BCUT2D eigenvalue weighted by Crippen LogP contribution is -2.46. The van der Waals surface area contributed by atoms with Crippen molar-refractivity contribution < 1.29 is 19.4 Å². The summed E-state index contributed by atoms with van der Waals surface area (Å²) in [4.78, 5) is 17.1. The molecule has 0 aliphatic heterocycles. The van der Waals surface area contributed by atoms with Crippen molar-refractivity contribution in [3.05, 3.63) is 0 Å². The molecule has 0 atom stereocenters. The highest BCUT2D eigenvalue weighted by Gasteiger charge is 2.38. The van der Waals surface area contributed by atoms with Crippen LogP contribution in [0.2, 0.25) is 0 Å². The van der Waals surface area contributed by atoms with E-state index in [1.54, 1.807) is 27.7 Å². The molecule has 0 bridgehead atoms. The van der Waals surface area contributed by atoms with Crippen molar-refractivity contribution in [2.45, 2.75) is 38.9 Å². The lowest BCUT2D eigenvalue weighted by molar-refractivity contribution is -0.0949. The Bertz CT molecular complexity index is 127. The van der Waals surface area contributed by atoms with E-state index < -0.39 is 19.8 Å². The second-order valence-corrected chi connectivity index (χ2v) is 4.10. The largest absolute Gasteiger partial charge is 0.387 e. The molecule has 0 spiro atoms. The maximum absolute atomic E-state index is 9.46. The van der Waals surface area contributed by atoms with Crippen LogP contribution < -0.4 is 0 Å². The van der Waals surface area contributed by atoms with E-state index in [-0.39, 0.29) is 0 Å². The van der Waals surface area contributed by atoms with E-state index in [1.807, 2.05) is 0 Å². The zero-order valence-electron chi connectivity index (χ0n) is 7.20. The smallest absolute Gasteiger partial charge is 0.327 e. The molecule has 0 saturated heterocycles. The van der Waals surface area contributed by atoms with Gasteiger partial charge >= 0.3 is 8.60 Å². The summed E-state index contributed by atoms with van der Waals surface area (Å²) in [6.45, 7) is 6.28. The average Bonchev–Trinajstić information content (AvgIpc) is 1.56. The maximum atomic E-state index is 9.46. The molecule has 0 saturated carbocycles. The number of aliphatic hydroxyl groups is 1. The normalized spacial score (nSPS) is 14.2. The van der Waals surface area contributed by atoms with Gasteiger partial charge in [0.2, 0.25) is 0 Å². The van der Waals surface area contributed by atoms with Gasteiger partial charge in [-0.2, -0.15) is 0 Å². The third kappa shape index (κ3) is 3.45. The molecule has 68 valence electrons. The first-order chi connectivity index (χ1) is 4.67. The van der Waals surface area contributed by atoms with Crippen molar-refractivity contribution in [2.75, 3.05) is 0 Å². The summed E-state index contributed by atoms with van der Waals surface area (Å²) < 4.78 is 4.73. The van der Waals surface area contributed by atoms with Crippen LogP contribution in [0.25, 0.3) is 0 Å². The van der Waals surface area contributed by atoms with Crippen LogP contribution in [0, 0.1) is 0 Å². The van der Waals surface area contributed by atoms with E-state index in [9.17, 15) is 5.11 Å². The Morgan fingerprint density at radius 2 is 1.45 bits per heavy atom. The van der Waals surface area contributed by atoms with E-state index in [0.717, 1.165) is 0 Å². The first kappa shape index (κ1) is 11.3. The Balaban J connectivity index is 4.22. The van der Waals surface area contributed by atoms with Crippen molar-refractivity contribution in [3.63, 3.8) is 0 Å². The summed E-state index contributed by atoms with van der Waals surface area (Å²) in [6, 6.07) is 0. The van der Waals surface area contributed by atoms with Crippen molar-refractivity contribution in [3.8, 4) is 0 Å². The minimum atomic E-state index is -2.41. The van der Waals surface area contributed by atoms with Gasteiger partial charge in [0.1, 0.15) is 0 Å². The predicted molar refractivity (Wildman–Crippen MR) is 42.8 cm³/mol. The third-order valence-corrected chi connectivity index (χ3v) is 2.40. The molecule has 0 heterocycles. The molecular formula is C6H15O4P. The van der Waals surface area contributed by atoms with Gasteiger partial charge in [0.15, 0.2) is 0 Å². The zero-order valence-corrected chi connectivity index (χ0v) is 8.09. The van der Waals surface area contributed by atoms with Crippen LogP contribution in [0.3, 0.4) is 0 Å². The van der Waals surface area contributed by atoms with Gasteiger partial charge in [0, 0.05) is 0 Å². The monoisotopic (exact) mass is 182 g/mol. The fraction of sp³-hybridized carbons (Fsp3) is 1.00. The summed E-state index contributed by atoms with van der Waals surface area (Å²) in [5.41, 5.74) is -2.05. The molecule has 0 aromatic heterocycles. The summed E-state index contributed by atoms with van der Waals surface area (Å²) in [5, 5.41) is 9.46. The molecule has 0 aliphatic carbocycles. The lowest BCUT2D eigenvalue weighted by atomic mass is 9.90. The Morgan fingerprint density at radius 3 is 1.55 bits per heavy atom. The van der Waals surface area contributed by atoms with Gasteiger partial charge < -0.3 is 19.4 Å². The van der Waals surface area contributed by atoms with Crippen molar-refractivity contribution in [1.29, 1.82) is 0 Å². The summed E-state index contributed by atoms with van der Waals surface area (Å²) in [7, 11) is -2.41. The standard InChI is InChI=1S/C6H15O4P/c1-5(2,7)6(3,4)10-11(8)9/h7-9H,1-4H3. The van der Waals surface area contributed by atoms with Crippen LogP contribution in [0.1, 0.15) is 27.7 Å². The van der Waals surface area contributed by atoms with Gasteiger partial charge in [-0.3, -0.25) is 0 Å². The van der Waals surface area contributed by atoms with Gasteiger partial charge in [0.25, 0.3) is 0 Å². The van der Waals surface area contributed by atoms with Crippen LogP contribution in [0.15, 0.2) is 0 Å². The van der Waals surface area contributed by atoms with Crippen molar-refractivity contribution in [2.24, 2.45) is 0 Å². The van der Waals surface area contributed by atoms with Crippen molar-refractivity contribution >= 4 is 8.60 Å². The van der Waals surface area contributed by atoms with Gasteiger partial charge in [-0.25, -0.2) is 0 Å². The third-order valence-electron chi connectivity index (χ3n) is 1.78. The SMILES string of the molecule is CC(C)(O)C(C)(C)OP(O)O. The topological polar surface area (TPSA) is 69.9 Å². The Morgan fingerprint density at radius 1 is 1.09 bits per heavy atom. The van der Waals surface area contributed by atoms with E-state index in [2.05, 4.69) is 0 Å². The minimum absolute atomic E-state index is 0.956. The van der Waals surface area contributed by atoms with Crippen LogP contribution >= 0.6 is 8.60 Å². The summed E-state index contributed by atoms with van der Waals surface area (Å²) >= 11 is 0. The number of hydrogen-bond donors (Lipinski definition) is 3. The first-order valence-corrected chi connectivity index (χ1v) is 4.43. The molecular weight excluding hydrogens is 167 g/mol. The summed E-state index contributed by atoms with van der Waals surface area (Å²) in [5.74, 6) is 0. The molecule has 0 aromatic rings. The van der Waals surface area contributed by atoms with E-state index in [1.165, 1.54) is 0 Å². The molecule has 0 aliphatic rings. The average molecular weight is 182 g/mol. The Kier molecular flexibility index (Phi) is 3.42.